The minimum absolute atomic E-state index is 2.03. The third kappa shape index (κ3) is 4.39. The van der Waals surface area contributed by atoms with Crippen LogP contribution in [0.4, 0.5) is 0 Å². The van der Waals surface area contributed by atoms with Crippen molar-refractivity contribution in [3.63, 3.8) is 0 Å². The Morgan fingerprint density at radius 1 is 1.67 bits per heavy atom. The molecule has 0 radical (unpaired) electrons. The molecule has 0 bridgehead atoms. The van der Waals surface area contributed by atoms with E-state index in [1.807, 2.05) is 16.3 Å². The summed E-state index contributed by atoms with van der Waals surface area (Å²) < 4.78 is 29.4. The second-order valence-corrected chi connectivity index (χ2v) is 2.06. The summed E-state index contributed by atoms with van der Waals surface area (Å²) in [6.45, 7) is 0. The number of rotatable bonds is 1. The molecule has 0 unspecified atom stereocenters. The first-order valence-corrected chi connectivity index (χ1v) is 2.68. The van der Waals surface area contributed by atoms with Gasteiger partial charge in [-0.2, -0.15) is 0 Å². The summed E-state index contributed by atoms with van der Waals surface area (Å²) in [5.41, 5.74) is 0. The van der Waals surface area contributed by atoms with Gasteiger partial charge >= 0.3 is 43.0 Å². The normalized spacial score (nSPS) is 11.7. The molecule has 6 heavy (non-hydrogen) atoms. The van der Waals surface area contributed by atoms with Crippen molar-refractivity contribution >= 4 is 10.4 Å². The van der Waals surface area contributed by atoms with E-state index < -0.39 is 10.4 Å². The van der Waals surface area contributed by atoms with E-state index in [1.165, 1.54) is 0 Å². The molecule has 0 aromatic rings. The second-order valence-electron chi connectivity index (χ2n) is 0.491. The monoisotopic (exact) mass is 152 g/mol. The Kier molecular flexibility index (Phi) is 2.03. The predicted octanol–water partition coefficient (Wildman–Crippen LogP) is -0.732. The zero-order chi connectivity index (χ0) is 5.21. The number of hydrogen-bond donors (Lipinski definition) is 1. The van der Waals surface area contributed by atoms with Gasteiger partial charge in [0, 0.05) is 0 Å². The molecule has 0 atom stereocenters. The topological polar surface area (TPSA) is 63.6 Å². The Labute approximate surface area is 43.6 Å². The van der Waals surface area contributed by atoms with Crippen molar-refractivity contribution in [3.8, 4) is 0 Å². The molecule has 38 valence electrons. The van der Waals surface area contributed by atoms with E-state index in [4.69, 9.17) is 4.55 Å². The van der Waals surface area contributed by atoms with Gasteiger partial charge in [0.25, 0.3) is 0 Å². The molecule has 6 heteroatoms. The Hall–Kier alpha value is 0.389. The quantitative estimate of drug-likeness (QED) is 0.397. The standard InChI is InChI=1S/Mn.H2O4S/c;1-5(2,3)4/h;(H2,1,2,3,4)/q+1;/p-1. The van der Waals surface area contributed by atoms with Gasteiger partial charge in [0.15, 0.2) is 0 Å². The average Bonchev–Trinajstić information content (AvgIpc) is 1.35. The Morgan fingerprint density at radius 3 is 1.83 bits per heavy atom. The van der Waals surface area contributed by atoms with Crippen LogP contribution in [0.2, 0.25) is 0 Å². The van der Waals surface area contributed by atoms with Crippen molar-refractivity contribution in [1.82, 2.24) is 0 Å². The third-order valence-corrected chi connectivity index (χ3v) is 0.985. The Bertz CT molecular complexity index is 110. The van der Waals surface area contributed by atoms with Crippen LogP contribution in [-0.2, 0) is 30.0 Å². The molecular weight excluding hydrogens is 151 g/mol. The van der Waals surface area contributed by atoms with Gasteiger partial charge in [0.2, 0.25) is 0 Å². The van der Waals surface area contributed by atoms with Crippen molar-refractivity contribution in [1.29, 1.82) is 0 Å². The molecule has 0 saturated carbocycles. The first-order valence-electron chi connectivity index (χ1n) is 0.837. The molecule has 0 amide bonds. The van der Waals surface area contributed by atoms with E-state index in [1.54, 1.807) is 0 Å². The van der Waals surface area contributed by atoms with Gasteiger partial charge in [-0.1, -0.05) is 0 Å². The van der Waals surface area contributed by atoms with Gasteiger partial charge in [0.05, 0.1) is 0 Å². The molecule has 0 rings (SSSR count). The summed E-state index contributed by atoms with van der Waals surface area (Å²) in [4.78, 5) is 0. The van der Waals surface area contributed by atoms with Crippen LogP contribution in [0.1, 0.15) is 0 Å². The van der Waals surface area contributed by atoms with Gasteiger partial charge in [-0.25, -0.2) is 0 Å². The molecular formula is HMnO4S. The summed E-state index contributed by atoms with van der Waals surface area (Å²) in [5.74, 6) is 0. The van der Waals surface area contributed by atoms with Gasteiger partial charge in [-0.05, 0) is 0 Å². The maximum atomic E-state index is 9.29. The summed E-state index contributed by atoms with van der Waals surface area (Å²) in [7, 11) is -4.25. The van der Waals surface area contributed by atoms with E-state index in [-0.39, 0.29) is 0 Å². The van der Waals surface area contributed by atoms with Crippen LogP contribution in [0, 0.1) is 0 Å². The van der Waals surface area contributed by atoms with Crippen LogP contribution < -0.4 is 0 Å². The zero-order valence-electron chi connectivity index (χ0n) is 2.46. The average molecular weight is 152 g/mol. The molecule has 0 saturated heterocycles. The molecule has 0 aromatic heterocycles. The summed E-state index contributed by atoms with van der Waals surface area (Å²) in [5, 5.41) is 0. The van der Waals surface area contributed by atoms with Crippen molar-refractivity contribution < 1.29 is 32.6 Å². The van der Waals surface area contributed by atoms with Gasteiger partial charge < -0.3 is 0 Å². The summed E-state index contributed by atoms with van der Waals surface area (Å²) >= 11 is 2.03. The maximum absolute atomic E-state index is 9.29. The molecule has 0 aliphatic carbocycles. The minimum atomic E-state index is -4.25. The van der Waals surface area contributed by atoms with Crippen LogP contribution in [0.25, 0.3) is 0 Å². The van der Waals surface area contributed by atoms with Crippen molar-refractivity contribution in [2.75, 3.05) is 0 Å². The fraction of sp³-hybridized carbons (Fsp3) is 0. The van der Waals surface area contributed by atoms with Crippen molar-refractivity contribution in [3.05, 3.63) is 0 Å². The molecule has 0 aliphatic heterocycles. The predicted molar refractivity (Wildman–Crippen MR) is 12.6 cm³/mol. The Balaban J connectivity index is 3.85. The first kappa shape index (κ1) is 6.39. The van der Waals surface area contributed by atoms with Crippen LogP contribution in [0.15, 0.2) is 0 Å². The molecule has 0 heterocycles. The van der Waals surface area contributed by atoms with E-state index in [0.717, 1.165) is 0 Å². The van der Waals surface area contributed by atoms with E-state index in [2.05, 4.69) is 3.27 Å². The summed E-state index contributed by atoms with van der Waals surface area (Å²) in [6, 6.07) is 0. The van der Waals surface area contributed by atoms with Gasteiger partial charge in [0.1, 0.15) is 0 Å². The molecule has 0 aliphatic rings. The van der Waals surface area contributed by atoms with E-state index in [9.17, 15) is 8.42 Å². The zero-order valence-corrected chi connectivity index (χ0v) is 4.46. The van der Waals surface area contributed by atoms with Crippen LogP contribution in [-0.4, -0.2) is 13.0 Å². The Morgan fingerprint density at radius 2 is 1.83 bits per heavy atom. The molecule has 0 spiro atoms. The number of hydrogen-bond acceptors (Lipinski definition) is 3. The molecule has 0 aromatic carbocycles. The van der Waals surface area contributed by atoms with Crippen LogP contribution in [0.5, 0.6) is 0 Å². The summed E-state index contributed by atoms with van der Waals surface area (Å²) in [6.07, 6.45) is 0. The molecule has 1 N–H and O–H groups in total. The SMILES string of the molecule is O=S(=O)(O)[O][Mn]. The van der Waals surface area contributed by atoms with Gasteiger partial charge in [-0.3, -0.25) is 0 Å². The third-order valence-electron chi connectivity index (χ3n) is 0.0796. The second kappa shape index (κ2) is 1.90. The van der Waals surface area contributed by atoms with Crippen LogP contribution in [0.3, 0.4) is 0 Å². The fourth-order valence-corrected chi connectivity index (χ4v) is 0. The van der Waals surface area contributed by atoms with Crippen LogP contribution >= 0.6 is 0 Å². The van der Waals surface area contributed by atoms with E-state index >= 15 is 0 Å². The molecule has 4 nitrogen and oxygen atoms in total. The molecule has 0 fully saturated rings. The van der Waals surface area contributed by atoms with E-state index in [0.29, 0.717) is 0 Å². The first-order chi connectivity index (χ1) is 2.56. The fourth-order valence-electron chi connectivity index (χ4n) is 0. The van der Waals surface area contributed by atoms with Crippen molar-refractivity contribution in [2.45, 2.75) is 0 Å². The van der Waals surface area contributed by atoms with Crippen molar-refractivity contribution in [2.24, 2.45) is 0 Å². The van der Waals surface area contributed by atoms with Gasteiger partial charge in [-0.15, -0.1) is 0 Å².